The first kappa shape index (κ1) is 10.5. The van der Waals surface area contributed by atoms with Crippen molar-refractivity contribution in [3.05, 3.63) is 36.4 Å². The number of imidazole rings is 1. The molecule has 0 aliphatic carbocycles. The van der Waals surface area contributed by atoms with E-state index < -0.39 is 5.97 Å². The van der Waals surface area contributed by atoms with E-state index in [2.05, 4.69) is 15.2 Å². The number of carbonyl (C=O) groups is 1. The van der Waals surface area contributed by atoms with Crippen molar-refractivity contribution in [2.45, 2.75) is 0 Å². The van der Waals surface area contributed by atoms with Crippen LogP contribution in [0.2, 0.25) is 0 Å². The molecule has 0 fully saturated rings. The van der Waals surface area contributed by atoms with Gasteiger partial charge in [-0.25, -0.2) is 9.78 Å². The van der Waals surface area contributed by atoms with Gasteiger partial charge in [0.15, 0.2) is 11.5 Å². The molecule has 7 nitrogen and oxygen atoms in total. The van der Waals surface area contributed by atoms with Crippen LogP contribution in [0.1, 0.15) is 10.4 Å². The molecule has 0 aromatic carbocycles. The van der Waals surface area contributed by atoms with E-state index in [1.165, 1.54) is 12.3 Å². The Bertz CT molecular complexity index is 743. The maximum Gasteiger partial charge on any atom is 0.337 e. The minimum atomic E-state index is -0.988. The second-order valence-corrected chi connectivity index (χ2v) is 3.90. The molecule has 3 rings (SSSR count). The summed E-state index contributed by atoms with van der Waals surface area (Å²) in [5.41, 5.74) is 1.41. The van der Waals surface area contributed by atoms with Crippen molar-refractivity contribution >= 4 is 11.6 Å². The highest BCUT2D eigenvalue weighted by molar-refractivity contribution is 5.87. The van der Waals surface area contributed by atoms with Gasteiger partial charge in [0, 0.05) is 19.4 Å². The van der Waals surface area contributed by atoms with E-state index in [9.17, 15) is 4.79 Å². The minimum absolute atomic E-state index is 0.180. The molecule has 0 unspecified atom stereocenters. The normalized spacial score (nSPS) is 10.9. The molecule has 90 valence electrons. The summed E-state index contributed by atoms with van der Waals surface area (Å²) in [5.74, 6) is -0.466. The van der Waals surface area contributed by atoms with E-state index in [0.717, 1.165) is 0 Å². The van der Waals surface area contributed by atoms with E-state index in [1.807, 2.05) is 7.05 Å². The maximum absolute atomic E-state index is 10.9. The summed E-state index contributed by atoms with van der Waals surface area (Å²) >= 11 is 0. The lowest BCUT2D eigenvalue weighted by molar-refractivity contribution is 0.0696. The number of aromatic carboxylic acids is 1. The summed E-state index contributed by atoms with van der Waals surface area (Å²) < 4.78 is 3.41. The average molecular weight is 243 g/mol. The van der Waals surface area contributed by atoms with Crippen LogP contribution in [-0.4, -0.2) is 35.2 Å². The van der Waals surface area contributed by atoms with Crippen molar-refractivity contribution in [2.24, 2.45) is 7.05 Å². The van der Waals surface area contributed by atoms with E-state index >= 15 is 0 Å². The Hall–Kier alpha value is -2.70. The number of hydrogen-bond donors (Lipinski definition) is 1. The van der Waals surface area contributed by atoms with Crippen molar-refractivity contribution in [2.75, 3.05) is 0 Å². The average Bonchev–Trinajstić information content (AvgIpc) is 2.93. The molecule has 0 spiro atoms. The molecule has 3 aromatic heterocycles. The number of carboxylic acids is 1. The predicted octanol–water partition coefficient (Wildman–Crippen LogP) is 0.828. The highest BCUT2D eigenvalue weighted by Crippen LogP contribution is 2.16. The molecule has 3 heterocycles. The number of rotatable bonds is 2. The molecular formula is C11H9N5O2. The molecule has 0 radical (unpaired) electrons. The van der Waals surface area contributed by atoms with Crippen LogP contribution in [0.15, 0.2) is 30.9 Å². The van der Waals surface area contributed by atoms with Crippen molar-refractivity contribution in [1.29, 1.82) is 0 Å². The van der Waals surface area contributed by atoms with Gasteiger partial charge in [-0.2, -0.15) is 0 Å². The number of pyridine rings is 1. The van der Waals surface area contributed by atoms with Gasteiger partial charge in [-0.3, -0.25) is 4.40 Å². The molecule has 0 aliphatic rings. The van der Waals surface area contributed by atoms with Crippen molar-refractivity contribution in [1.82, 2.24) is 24.1 Å². The summed E-state index contributed by atoms with van der Waals surface area (Å²) in [6, 6.07) is 3.11. The van der Waals surface area contributed by atoms with E-state index in [0.29, 0.717) is 17.2 Å². The number of carboxylic acid groups (broad SMARTS) is 1. The van der Waals surface area contributed by atoms with Crippen LogP contribution in [0.3, 0.4) is 0 Å². The fourth-order valence-corrected chi connectivity index (χ4v) is 1.72. The van der Waals surface area contributed by atoms with Crippen LogP contribution >= 0.6 is 0 Å². The van der Waals surface area contributed by atoms with Crippen molar-refractivity contribution in [3.8, 4) is 11.5 Å². The highest BCUT2D eigenvalue weighted by Gasteiger charge is 2.12. The Morgan fingerprint density at radius 1 is 1.28 bits per heavy atom. The summed E-state index contributed by atoms with van der Waals surface area (Å²) in [6.07, 6.45) is 4.93. The molecule has 0 amide bonds. The Morgan fingerprint density at radius 2 is 2.11 bits per heavy atom. The Kier molecular flexibility index (Phi) is 2.12. The van der Waals surface area contributed by atoms with Crippen LogP contribution in [0.5, 0.6) is 0 Å². The summed E-state index contributed by atoms with van der Waals surface area (Å²) in [6.45, 7) is 0. The molecule has 0 atom stereocenters. The lowest BCUT2D eigenvalue weighted by Gasteiger charge is -1.98. The molecule has 18 heavy (non-hydrogen) atoms. The Labute approximate surface area is 101 Å². The van der Waals surface area contributed by atoms with Crippen LogP contribution < -0.4 is 0 Å². The Morgan fingerprint density at radius 3 is 2.78 bits per heavy atom. The molecule has 7 heteroatoms. The number of aryl methyl sites for hydroxylation is 1. The van der Waals surface area contributed by atoms with Crippen LogP contribution in [0.25, 0.3) is 17.2 Å². The third-order valence-corrected chi connectivity index (χ3v) is 2.58. The van der Waals surface area contributed by atoms with Gasteiger partial charge in [0.25, 0.3) is 0 Å². The molecule has 0 bridgehead atoms. The predicted molar refractivity (Wildman–Crippen MR) is 62.1 cm³/mol. The number of fused-ring (bicyclic) bond motifs is 1. The zero-order valence-electron chi connectivity index (χ0n) is 9.48. The second-order valence-electron chi connectivity index (χ2n) is 3.90. The van der Waals surface area contributed by atoms with E-state index in [4.69, 9.17) is 5.11 Å². The molecule has 0 aliphatic heterocycles. The van der Waals surface area contributed by atoms with Gasteiger partial charge in [0.05, 0.1) is 11.9 Å². The zero-order chi connectivity index (χ0) is 12.7. The monoisotopic (exact) mass is 243 g/mol. The highest BCUT2D eigenvalue weighted by atomic mass is 16.4. The number of hydrogen-bond acceptors (Lipinski definition) is 4. The maximum atomic E-state index is 10.9. The van der Waals surface area contributed by atoms with Gasteiger partial charge in [-0.1, -0.05) is 0 Å². The van der Waals surface area contributed by atoms with Gasteiger partial charge in [-0.05, 0) is 12.1 Å². The number of aromatic nitrogens is 5. The molecule has 1 N–H and O–H groups in total. The fourth-order valence-electron chi connectivity index (χ4n) is 1.72. The van der Waals surface area contributed by atoms with Crippen LogP contribution in [0.4, 0.5) is 0 Å². The molecular weight excluding hydrogens is 234 g/mol. The van der Waals surface area contributed by atoms with Gasteiger partial charge in [0.2, 0.25) is 0 Å². The van der Waals surface area contributed by atoms with Gasteiger partial charge in [0.1, 0.15) is 5.69 Å². The molecule has 3 aromatic rings. The lowest BCUT2D eigenvalue weighted by atomic mass is 10.3. The SMILES string of the molecule is Cn1cnc(-c2nnc3ccc(C(=O)O)cn23)c1. The van der Waals surface area contributed by atoms with E-state index in [-0.39, 0.29) is 5.56 Å². The molecule has 0 saturated heterocycles. The molecule has 0 saturated carbocycles. The fraction of sp³-hybridized carbons (Fsp3) is 0.0909. The third kappa shape index (κ3) is 1.53. The summed E-state index contributed by atoms with van der Waals surface area (Å²) in [5, 5.41) is 17.0. The van der Waals surface area contributed by atoms with Crippen LogP contribution in [0, 0.1) is 0 Å². The standard InChI is InChI=1S/C11H9N5O2/c1-15-5-8(12-6-15)10-14-13-9-3-2-7(11(17)18)4-16(9)10/h2-6H,1H3,(H,17,18). The first-order valence-corrected chi connectivity index (χ1v) is 5.21. The van der Waals surface area contributed by atoms with Gasteiger partial charge < -0.3 is 9.67 Å². The Balaban J connectivity index is 2.23. The minimum Gasteiger partial charge on any atom is -0.478 e. The second kappa shape index (κ2) is 3.66. The van der Waals surface area contributed by atoms with E-state index in [1.54, 1.807) is 27.6 Å². The van der Waals surface area contributed by atoms with Gasteiger partial charge in [-0.15, -0.1) is 10.2 Å². The lowest BCUT2D eigenvalue weighted by Crippen LogP contribution is -1.99. The first-order valence-electron chi connectivity index (χ1n) is 5.21. The largest absolute Gasteiger partial charge is 0.478 e. The van der Waals surface area contributed by atoms with Crippen LogP contribution in [-0.2, 0) is 7.05 Å². The smallest absolute Gasteiger partial charge is 0.337 e. The first-order chi connectivity index (χ1) is 8.65. The number of nitrogens with zero attached hydrogens (tertiary/aromatic N) is 5. The van der Waals surface area contributed by atoms with Crippen molar-refractivity contribution < 1.29 is 9.90 Å². The summed E-state index contributed by atoms with van der Waals surface area (Å²) in [7, 11) is 1.85. The van der Waals surface area contributed by atoms with Gasteiger partial charge >= 0.3 is 5.97 Å². The summed E-state index contributed by atoms with van der Waals surface area (Å²) in [4.78, 5) is 15.1. The third-order valence-electron chi connectivity index (χ3n) is 2.58. The topological polar surface area (TPSA) is 85.3 Å². The zero-order valence-corrected chi connectivity index (χ0v) is 9.48. The van der Waals surface area contributed by atoms with Crippen molar-refractivity contribution in [3.63, 3.8) is 0 Å². The quantitative estimate of drug-likeness (QED) is 0.720.